The van der Waals surface area contributed by atoms with Crippen LogP contribution in [0.25, 0.3) is 0 Å². The van der Waals surface area contributed by atoms with Crippen LogP contribution >= 0.6 is 0 Å². The van der Waals surface area contributed by atoms with Crippen molar-refractivity contribution in [2.75, 3.05) is 24.8 Å². The molecule has 6 nitrogen and oxygen atoms in total. The van der Waals surface area contributed by atoms with Crippen molar-refractivity contribution in [3.05, 3.63) is 12.1 Å². The summed E-state index contributed by atoms with van der Waals surface area (Å²) >= 11 is 0. The first kappa shape index (κ1) is 14.1. The first-order valence-electron chi connectivity index (χ1n) is 5.52. The summed E-state index contributed by atoms with van der Waals surface area (Å²) in [5, 5.41) is 0. The van der Waals surface area contributed by atoms with Crippen LogP contribution in [0.2, 0.25) is 0 Å². The Morgan fingerprint density at radius 3 is 2.50 bits per heavy atom. The summed E-state index contributed by atoms with van der Waals surface area (Å²) in [6, 6.07) is 3.25. The SMILES string of the molecule is COc1nc(N)ccc1N(C)C(=O)OC(C)(C)C. The minimum Gasteiger partial charge on any atom is -0.479 e. The first-order chi connectivity index (χ1) is 8.24. The molecular weight excluding hydrogens is 234 g/mol. The molecule has 1 aromatic heterocycles. The number of ether oxygens (including phenoxy) is 2. The minimum atomic E-state index is -0.556. The van der Waals surface area contributed by atoms with E-state index in [0.717, 1.165) is 0 Å². The van der Waals surface area contributed by atoms with Crippen molar-refractivity contribution >= 4 is 17.6 Å². The Labute approximate surface area is 107 Å². The van der Waals surface area contributed by atoms with Crippen LogP contribution in [-0.4, -0.2) is 30.8 Å². The second-order valence-electron chi connectivity index (χ2n) is 4.80. The number of carbonyl (C=O) groups excluding carboxylic acids is 1. The Bertz CT molecular complexity index is 441. The maximum absolute atomic E-state index is 11.9. The highest BCUT2D eigenvalue weighted by Crippen LogP contribution is 2.27. The Kier molecular flexibility index (Phi) is 4.00. The number of nitrogens with zero attached hydrogens (tertiary/aromatic N) is 2. The second kappa shape index (κ2) is 5.12. The Hall–Kier alpha value is -1.98. The zero-order chi connectivity index (χ0) is 13.9. The van der Waals surface area contributed by atoms with Gasteiger partial charge in [0.15, 0.2) is 0 Å². The number of pyridine rings is 1. The highest BCUT2D eigenvalue weighted by molar-refractivity contribution is 5.89. The van der Waals surface area contributed by atoms with Crippen LogP contribution in [0.1, 0.15) is 20.8 Å². The highest BCUT2D eigenvalue weighted by Gasteiger charge is 2.23. The van der Waals surface area contributed by atoms with Gasteiger partial charge in [0.25, 0.3) is 0 Å². The molecule has 18 heavy (non-hydrogen) atoms. The number of aromatic nitrogens is 1. The van der Waals surface area contributed by atoms with Crippen molar-refractivity contribution in [1.29, 1.82) is 0 Å². The van der Waals surface area contributed by atoms with Crippen LogP contribution in [0.4, 0.5) is 16.3 Å². The molecule has 100 valence electrons. The minimum absolute atomic E-state index is 0.281. The smallest absolute Gasteiger partial charge is 0.414 e. The van der Waals surface area contributed by atoms with E-state index in [9.17, 15) is 4.79 Å². The maximum Gasteiger partial charge on any atom is 0.414 e. The van der Waals surface area contributed by atoms with Crippen LogP contribution in [0.5, 0.6) is 5.88 Å². The van der Waals surface area contributed by atoms with Crippen LogP contribution in [-0.2, 0) is 4.74 Å². The number of methoxy groups -OCH3 is 1. The number of carbonyl (C=O) groups is 1. The van der Waals surface area contributed by atoms with E-state index in [1.807, 2.05) is 0 Å². The molecule has 0 unspecified atom stereocenters. The van der Waals surface area contributed by atoms with E-state index in [1.54, 1.807) is 40.0 Å². The lowest BCUT2D eigenvalue weighted by atomic mass is 10.2. The van der Waals surface area contributed by atoms with Gasteiger partial charge < -0.3 is 15.2 Å². The van der Waals surface area contributed by atoms with E-state index in [0.29, 0.717) is 11.5 Å². The fraction of sp³-hybridized carbons (Fsp3) is 0.500. The number of rotatable bonds is 2. The molecule has 1 aromatic rings. The molecule has 0 bridgehead atoms. The van der Waals surface area contributed by atoms with E-state index in [1.165, 1.54) is 12.0 Å². The molecule has 0 aliphatic heterocycles. The monoisotopic (exact) mass is 253 g/mol. The van der Waals surface area contributed by atoms with Crippen molar-refractivity contribution in [2.45, 2.75) is 26.4 Å². The van der Waals surface area contributed by atoms with E-state index < -0.39 is 11.7 Å². The third-order valence-electron chi connectivity index (χ3n) is 2.08. The molecule has 1 amide bonds. The second-order valence-corrected chi connectivity index (χ2v) is 4.80. The summed E-state index contributed by atoms with van der Waals surface area (Å²) in [4.78, 5) is 17.2. The molecule has 0 saturated carbocycles. The Balaban J connectivity index is 2.96. The van der Waals surface area contributed by atoms with Gasteiger partial charge in [-0.25, -0.2) is 4.79 Å². The summed E-state index contributed by atoms with van der Waals surface area (Å²) in [7, 11) is 3.05. The van der Waals surface area contributed by atoms with Crippen LogP contribution < -0.4 is 15.4 Å². The number of nitrogen functional groups attached to an aromatic ring is 1. The van der Waals surface area contributed by atoms with E-state index in [-0.39, 0.29) is 5.88 Å². The standard InChI is InChI=1S/C12H19N3O3/c1-12(2,3)18-11(16)15(4)8-6-7-9(13)14-10(8)17-5/h6-7H,1-5H3,(H2,13,14). The van der Waals surface area contributed by atoms with E-state index >= 15 is 0 Å². The molecule has 0 radical (unpaired) electrons. The number of nitrogens with two attached hydrogens (primary N) is 1. The lowest BCUT2D eigenvalue weighted by Crippen LogP contribution is -2.34. The van der Waals surface area contributed by atoms with Crippen molar-refractivity contribution in [1.82, 2.24) is 4.98 Å². The largest absolute Gasteiger partial charge is 0.479 e. The summed E-state index contributed by atoms with van der Waals surface area (Å²) < 4.78 is 10.3. The molecule has 1 rings (SSSR count). The Morgan fingerprint density at radius 2 is 2.00 bits per heavy atom. The molecule has 2 N–H and O–H groups in total. The van der Waals surface area contributed by atoms with Gasteiger partial charge in [-0.2, -0.15) is 4.98 Å². The zero-order valence-corrected chi connectivity index (χ0v) is 11.4. The quantitative estimate of drug-likeness (QED) is 0.872. The van der Waals surface area contributed by atoms with Gasteiger partial charge in [-0.05, 0) is 32.9 Å². The third-order valence-corrected chi connectivity index (χ3v) is 2.08. The fourth-order valence-corrected chi connectivity index (χ4v) is 1.28. The fourth-order valence-electron chi connectivity index (χ4n) is 1.28. The average Bonchev–Trinajstić information content (AvgIpc) is 2.25. The number of amides is 1. The van der Waals surface area contributed by atoms with Gasteiger partial charge in [-0.1, -0.05) is 0 Å². The Morgan fingerprint density at radius 1 is 1.39 bits per heavy atom. The van der Waals surface area contributed by atoms with Crippen molar-refractivity contribution in [3.8, 4) is 5.88 Å². The van der Waals surface area contributed by atoms with Gasteiger partial charge in [0.2, 0.25) is 5.88 Å². The van der Waals surface area contributed by atoms with E-state index in [4.69, 9.17) is 15.2 Å². The maximum atomic E-state index is 11.9. The van der Waals surface area contributed by atoms with Gasteiger partial charge in [0.05, 0.1) is 7.11 Å². The van der Waals surface area contributed by atoms with Gasteiger partial charge >= 0.3 is 6.09 Å². The van der Waals surface area contributed by atoms with Gasteiger partial charge in [-0.3, -0.25) is 4.90 Å². The average molecular weight is 253 g/mol. The molecule has 6 heteroatoms. The summed E-state index contributed by atoms with van der Waals surface area (Å²) in [6.45, 7) is 5.41. The number of hydrogen-bond donors (Lipinski definition) is 1. The molecule has 1 heterocycles. The summed E-state index contributed by atoms with van der Waals surface area (Å²) in [5.41, 5.74) is 5.50. The lowest BCUT2D eigenvalue weighted by Gasteiger charge is -2.25. The topological polar surface area (TPSA) is 77.7 Å². The normalized spacial score (nSPS) is 10.9. The van der Waals surface area contributed by atoms with Gasteiger partial charge in [0.1, 0.15) is 17.1 Å². The summed E-state index contributed by atoms with van der Waals surface area (Å²) in [5.74, 6) is 0.608. The third kappa shape index (κ3) is 3.51. The van der Waals surface area contributed by atoms with Crippen LogP contribution in [0.3, 0.4) is 0 Å². The molecular formula is C12H19N3O3. The number of anilines is 2. The first-order valence-corrected chi connectivity index (χ1v) is 5.52. The summed E-state index contributed by atoms with van der Waals surface area (Å²) in [6.07, 6.45) is -0.479. The van der Waals surface area contributed by atoms with Gasteiger partial charge in [0, 0.05) is 7.05 Å². The zero-order valence-electron chi connectivity index (χ0n) is 11.4. The lowest BCUT2D eigenvalue weighted by molar-refractivity contribution is 0.0588. The predicted octanol–water partition coefficient (Wildman–Crippen LogP) is 2.04. The van der Waals surface area contributed by atoms with E-state index in [2.05, 4.69) is 4.98 Å². The molecule has 0 fully saturated rings. The molecule has 0 saturated heterocycles. The van der Waals surface area contributed by atoms with Crippen molar-refractivity contribution in [3.63, 3.8) is 0 Å². The van der Waals surface area contributed by atoms with Crippen LogP contribution in [0.15, 0.2) is 12.1 Å². The molecule has 0 spiro atoms. The molecule has 0 aliphatic rings. The van der Waals surface area contributed by atoms with Gasteiger partial charge in [-0.15, -0.1) is 0 Å². The predicted molar refractivity (Wildman–Crippen MR) is 69.8 cm³/mol. The molecule has 0 atom stereocenters. The number of hydrogen-bond acceptors (Lipinski definition) is 5. The van der Waals surface area contributed by atoms with Crippen molar-refractivity contribution in [2.24, 2.45) is 0 Å². The van der Waals surface area contributed by atoms with Crippen LogP contribution in [0, 0.1) is 0 Å². The van der Waals surface area contributed by atoms with Crippen molar-refractivity contribution < 1.29 is 14.3 Å². The molecule has 0 aliphatic carbocycles. The molecule has 0 aromatic carbocycles. The highest BCUT2D eigenvalue weighted by atomic mass is 16.6.